The molecule has 0 atom stereocenters. The van der Waals surface area contributed by atoms with Crippen molar-refractivity contribution in [1.82, 2.24) is 8.87 Å². The van der Waals surface area contributed by atoms with Crippen LogP contribution in [-0.4, -0.2) is 55.7 Å². The van der Waals surface area contributed by atoms with Gasteiger partial charge in [0, 0.05) is 30.4 Å². The molecule has 1 saturated heterocycles. The molecular weight excluding hydrogens is 509 g/mol. The topological polar surface area (TPSA) is 84.6 Å². The summed E-state index contributed by atoms with van der Waals surface area (Å²) in [4.78, 5) is 0. The minimum atomic E-state index is -3.10. The number of nitrogens with zero attached hydrogens (tertiary/aromatic N) is 3. The minimum Gasteiger partial charge on any atom is -0.494 e. The minimum absolute atomic E-state index is 0.268. The predicted molar refractivity (Wildman–Crippen MR) is 138 cm³/mol. The van der Waals surface area contributed by atoms with E-state index in [2.05, 4.69) is 6.07 Å². The number of sulfonamides is 1. The molecular formula is C25H27Cl2N3O4S. The fourth-order valence-electron chi connectivity index (χ4n) is 4.40. The van der Waals surface area contributed by atoms with E-state index in [0.29, 0.717) is 47.8 Å². The van der Waals surface area contributed by atoms with Gasteiger partial charge in [-0.25, -0.2) is 12.7 Å². The third kappa shape index (κ3) is 6.04. The molecule has 1 aliphatic heterocycles. The van der Waals surface area contributed by atoms with Gasteiger partial charge in [-0.15, -0.1) is 11.6 Å². The molecule has 1 fully saturated rings. The van der Waals surface area contributed by atoms with Crippen molar-refractivity contribution in [2.45, 2.75) is 19.3 Å². The first-order chi connectivity index (χ1) is 16.8. The highest BCUT2D eigenvalue weighted by Gasteiger charge is 2.24. The molecule has 186 valence electrons. The fraction of sp³-hybridized carbons (Fsp3) is 0.400. The largest absolute Gasteiger partial charge is 0.494 e. The van der Waals surface area contributed by atoms with Crippen LogP contribution >= 0.6 is 23.2 Å². The van der Waals surface area contributed by atoms with Crippen molar-refractivity contribution >= 4 is 44.1 Å². The van der Waals surface area contributed by atoms with Crippen molar-refractivity contribution in [2.75, 3.05) is 38.4 Å². The Kier molecular flexibility index (Phi) is 8.12. The van der Waals surface area contributed by atoms with Gasteiger partial charge in [0.05, 0.1) is 34.8 Å². The number of hydrogen-bond donors (Lipinski definition) is 0. The van der Waals surface area contributed by atoms with Gasteiger partial charge in [-0.05, 0) is 61.6 Å². The molecule has 0 N–H and O–H groups in total. The highest BCUT2D eigenvalue weighted by molar-refractivity contribution is 7.88. The van der Waals surface area contributed by atoms with E-state index in [4.69, 9.17) is 32.7 Å². The van der Waals surface area contributed by atoms with Crippen LogP contribution in [0.1, 0.15) is 24.8 Å². The average molecular weight is 536 g/mol. The summed E-state index contributed by atoms with van der Waals surface area (Å²) in [7, 11) is -3.10. The Hall–Kier alpha value is -2.44. The number of fused-ring (bicyclic) bond motifs is 1. The van der Waals surface area contributed by atoms with Gasteiger partial charge in [-0.2, -0.15) is 5.26 Å². The molecule has 0 bridgehead atoms. The lowest BCUT2D eigenvalue weighted by atomic mass is 9.95. The maximum atomic E-state index is 11.7. The highest BCUT2D eigenvalue weighted by Crippen LogP contribution is 2.33. The first kappa shape index (κ1) is 25.6. The zero-order valence-corrected chi connectivity index (χ0v) is 21.7. The number of halogens is 2. The summed E-state index contributed by atoms with van der Waals surface area (Å²) in [6.07, 6.45) is 5.81. The zero-order valence-electron chi connectivity index (χ0n) is 19.4. The lowest BCUT2D eigenvalue weighted by molar-refractivity contribution is 0.220. The van der Waals surface area contributed by atoms with E-state index in [-0.39, 0.29) is 6.61 Å². The van der Waals surface area contributed by atoms with Crippen LogP contribution in [0.3, 0.4) is 0 Å². The molecule has 0 radical (unpaired) electrons. The van der Waals surface area contributed by atoms with Crippen molar-refractivity contribution < 1.29 is 17.9 Å². The zero-order chi connectivity index (χ0) is 25.0. The highest BCUT2D eigenvalue weighted by atomic mass is 35.5. The molecule has 2 heterocycles. The van der Waals surface area contributed by atoms with E-state index >= 15 is 0 Å². The summed E-state index contributed by atoms with van der Waals surface area (Å²) < 4.78 is 38.4. The Morgan fingerprint density at radius 1 is 1.11 bits per heavy atom. The first-order valence-corrected chi connectivity index (χ1v) is 14.2. The van der Waals surface area contributed by atoms with Crippen LogP contribution in [-0.2, 0) is 10.0 Å². The average Bonchev–Trinajstić information content (AvgIpc) is 3.26. The van der Waals surface area contributed by atoms with Crippen molar-refractivity contribution in [3.8, 4) is 23.3 Å². The lowest BCUT2D eigenvalue weighted by Gasteiger charge is -2.30. The summed E-state index contributed by atoms with van der Waals surface area (Å²) in [6, 6.07) is 13.5. The molecule has 0 unspecified atom stereocenters. The van der Waals surface area contributed by atoms with Crippen molar-refractivity contribution in [3.63, 3.8) is 0 Å². The summed E-state index contributed by atoms with van der Waals surface area (Å²) >= 11 is 12.1. The molecule has 3 aromatic rings. The van der Waals surface area contributed by atoms with Crippen molar-refractivity contribution in [3.05, 3.63) is 53.2 Å². The van der Waals surface area contributed by atoms with Crippen LogP contribution in [0.2, 0.25) is 5.02 Å². The summed E-state index contributed by atoms with van der Waals surface area (Å²) in [5, 5.41) is 10.9. The van der Waals surface area contributed by atoms with Gasteiger partial charge in [0.1, 0.15) is 18.4 Å². The quantitative estimate of drug-likeness (QED) is 0.351. The number of piperidine rings is 1. The molecule has 35 heavy (non-hydrogen) atoms. The Bertz CT molecular complexity index is 1340. The Morgan fingerprint density at radius 2 is 1.89 bits per heavy atom. The third-order valence-electron chi connectivity index (χ3n) is 6.25. The van der Waals surface area contributed by atoms with Crippen LogP contribution in [0.25, 0.3) is 16.6 Å². The SMILES string of the molecule is CS(=O)(=O)N1CCC(CCOc2ccc3c(ccn3-c3cc(Cl)c(OCCCl)c(C#N)c3)c2)CC1. The van der Waals surface area contributed by atoms with Crippen LogP contribution in [0.4, 0.5) is 0 Å². The molecule has 10 heteroatoms. The number of hydrogen-bond acceptors (Lipinski definition) is 5. The van der Waals surface area contributed by atoms with Crippen LogP contribution in [0.5, 0.6) is 11.5 Å². The number of benzene rings is 2. The Morgan fingerprint density at radius 3 is 2.57 bits per heavy atom. The van der Waals surface area contributed by atoms with E-state index < -0.39 is 10.0 Å². The summed E-state index contributed by atoms with van der Waals surface area (Å²) in [5.74, 6) is 1.89. The predicted octanol–water partition coefficient (Wildman–Crippen LogP) is 5.21. The monoisotopic (exact) mass is 535 g/mol. The van der Waals surface area contributed by atoms with Gasteiger partial charge < -0.3 is 14.0 Å². The first-order valence-electron chi connectivity index (χ1n) is 11.4. The van der Waals surface area contributed by atoms with E-state index in [1.165, 1.54) is 6.26 Å². The van der Waals surface area contributed by atoms with Gasteiger partial charge in [0.15, 0.2) is 5.75 Å². The van der Waals surface area contributed by atoms with Gasteiger partial charge in [-0.3, -0.25) is 0 Å². The molecule has 1 aromatic heterocycles. The van der Waals surface area contributed by atoms with Gasteiger partial charge >= 0.3 is 0 Å². The number of alkyl halides is 1. The van der Waals surface area contributed by atoms with E-state index in [1.807, 2.05) is 35.0 Å². The second kappa shape index (κ2) is 11.1. The summed E-state index contributed by atoms with van der Waals surface area (Å²) in [6.45, 7) is 2.02. The molecule has 0 spiro atoms. The molecule has 2 aromatic carbocycles. The maximum Gasteiger partial charge on any atom is 0.211 e. The molecule has 0 aliphatic carbocycles. The van der Waals surface area contributed by atoms with Gasteiger partial charge in [-0.1, -0.05) is 11.6 Å². The number of aromatic nitrogens is 1. The van der Waals surface area contributed by atoms with Gasteiger partial charge in [0.2, 0.25) is 10.0 Å². The second-order valence-electron chi connectivity index (χ2n) is 8.60. The smallest absolute Gasteiger partial charge is 0.211 e. The Balaban J connectivity index is 1.42. The summed E-state index contributed by atoms with van der Waals surface area (Å²) in [5.41, 5.74) is 2.07. The molecule has 0 saturated carbocycles. The normalized spacial score (nSPS) is 15.3. The Labute approximate surface area is 215 Å². The fourth-order valence-corrected chi connectivity index (χ4v) is 5.62. The van der Waals surface area contributed by atoms with Crippen molar-refractivity contribution in [2.24, 2.45) is 5.92 Å². The van der Waals surface area contributed by atoms with Gasteiger partial charge in [0.25, 0.3) is 0 Å². The van der Waals surface area contributed by atoms with E-state index in [0.717, 1.165) is 41.6 Å². The van der Waals surface area contributed by atoms with E-state index in [9.17, 15) is 13.7 Å². The third-order valence-corrected chi connectivity index (χ3v) is 7.99. The van der Waals surface area contributed by atoms with Crippen LogP contribution in [0, 0.1) is 17.2 Å². The van der Waals surface area contributed by atoms with E-state index in [1.54, 1.807) is 16.4 Å². The standard InChI is InChI=1S/C25H27Cl2N3O4S/c1-35(31,32)29-9-4-18(5-10-29)7-12-33-22-2-3-24-19(15-22)6-11-30(24)21-14-20(17-28)25(23(27)16-21)34-13-8-26/h2-3,6,11,14-16,18H,4-5,7-10,12-13H2,1H3. The molecule has 0 amide bonds. The van der Waals surface area contributed by atoms with Crippen LogP contribution < -0.4 is 9.47 Å². The van der Waals surface area contributed by atoms with Crippen LogP contribution in [0.15, 0.2) is 42.6 Å². The molecule has 1 aliphatic rings. The maximum absolute atomic E-state index is 11.7. The van der Waals surface area contributed by atoms with Crippen molar-refractivity contribution in [1.29, 1.82) is 5.26 Å². The number of nitriles is 1. The lowest BCUT2D eigenvalue weighted by Crippen LogP contribution is -2.38. The molecule has 7 nitrogen and oxygen atoms in total. The second-order valence-corrected chi connectivity index (χ2v) is 11.4. The molecule has 4 rings (SSSR count). The number of ether oxygens (including phenoxy) is 2. The number of rotatable bonds is 9.